The van der Waals surface area contributed by atoms with Gasteiger partial charge in [0.15, 0.2) is 6.23 Å². The third-order valence-corrected chi connectivity index (χ3v) is 4.06. The number of anilines is 1. The molecular formula is C16H19F2N5O2. The Bertz CT molecular complexity index is 726. The summed E-state index contributed by atoms with van der Waals surface area (Å²) in [5.41, 5.74) is -0.288. The SMILES string of the molecule is O=C(NC1CCCNC1)c1[nH]ncc1NC(O)c1c(F)cccc1F. The van der Waals surface area contributed by atoms with Crippen molar-refractivity contribution in [1.29, 1.82) is 0 Å². The molecule has 134 valence electrons. The monoisotopic (exact) mass is 351 g/mol. The van der Waals surface area contributed by atoms with Gasteiger partial charge in [-0.25, -0.2) is 8.78 Å². The third-order valence-electron chi connectivity index (χ3n) is 4.06. The van der Waals surface area contributed by atoms with Crippen molar-refractivity contribution < 1.29 is 18.7 Å². The Kier molecular flexibility index (Phi) is 5.25. The zero-order valence-corrected chi connectivity index (χ0v) is 13.4. The summed E-state index contributed by atoms with van der Waals surface area (Å²) in [5, 5.41) is 25.0. The van der Waals surface area contributed by atoms with Crippen LogP contribution in [0.3, 0.4) is 0 Å². The van der Waals surface area contributed by atoms with Crippen molar-refractivity contribution in [2.45, 2.75) is 25.1 Å². The minimum absolute atomic E-state index is 0.00802. The maximum atomic E-state index is 13.7. The molecule has 1 aliphatic heterocycles. The van der Waals surface area contributed by atoms with Crippen LogP contribution in [0.1, 0.15) is 35.1 Å². The first-order valence-electron chi connectivity index (χ1n) is 7.99. The van der Waals surface area contributed by atoms with Crippen LogP contribution < -0.4 is 16.0 Å². The van der Waals surface area contributed by atoms with Gasteiger partial charge in [-0.2, -0.15) is 5.10 Å². The van der Waals surface area contributed by atoms with Gasteiger partial charge in [0.1, 0.15) is 17.3 Å². The van der Waals surface area contributed by atoms with E-state index in [0.29, 0.717) is 6.54 Å². The number of benzene rings is 1. The van der Waals surface area contributed by atoms with E-state index < -0.39 is 29.3 Å². The Labute approximate surface area is 142 Å². The Morgan fingerprint density at radius 2 is 2.12 bits per heavy atom. The van der Waals surface area contributed by atoms with Gasteiger partial charge in [0.25, 0.3) is 5.91 Å². The smallest absolute Gasteiger partial charge is 0.271 e. The van der Waals surface area contributed by atoms with Crippen LogP contribution in [-0.4, -0.2) is 40.3 Å². The second-order valence-electron chi connectivity index (χ2n) is 5.86. The Morgan fingerprint density at radius 3 is 2.80 bits per heavy atom. The van der Waals surface area contributed by atoms with Gasteiger partial charge in [-0.15, -0.1) is 0 Å². The fourth-order valence-electron chi connectivity index (χ4n) is 2.79. The van der Waals surface area contributed by atoms with E-state index in [1.807, 2.05) is 0 Å². The fourth-order valence-corrected chi connectivity index (χ4v) is 2.79. The molecule has 2 heterocycles. The van der Waals surface area contributed by atoms with E-state index >= 15 is 0 Å². The normalized spacial score (nSPS) is 18.6. The van der Waals surface area contributed by atoms with Crippen LogP contribution in [0.2, 0.25) is 0 Å². The maximum Gasteiger partial charge on any atom is 0.271 e. The molecule has 2 unspecified atom stereocenters. The molecule has 2 atom stereocenters. The predicted molar refractivity (Wildman–Crippen MR) is 86.9 cm³/mol. The Morgan fingerprint density at radius 1 is 1.36 bits per heavy atom. The largest absolute Gasteiger partial charge is 0.369 e. The van der Waals surface area contributed by atoms with Gasteiger partial charge in [0.05, 0.1) is 17.4 Å². The summed E-state index contributed by atoms with van der Waals surface area (Å²) in [5.74, 6) is -2.18. The van der Waals surface area contributed by atoms with Crippen LogP contribution >= 0.6 is 0 Å². The highest BCUT2D eigenvalue weighted by molar-refractivity contribution is 5.97. The second-order valence-corrected chi connectivity index (χ2v) is 5.86. The molecule has 1 aliphatic rings. The number of amides is 1. The molecule has 1 fully saturated rings. The number of aliphatic hydroxyl groups excluding tert-OH is 1. The van der Waals surface area contributed by atoms with Crippen LogP contribution in [0.4, 0.5) is 14.5 Å². The zero-order valence-electron chi connectivity index (χ0n) is 13.4. The molecule has 1 amide bonds. The highest BCUT2D eigenvalue weighted by Gasteiger charge is 2.23. The topological polar surface area (TPSA) is 102 Å². The van der Waals surface area contributed by atoms with Gasteiger partial charge >= 0.3 is 0 Å². The number of piperidine rings is 1. The second kappa shape index (κ2) is 7.58. The number of hydrogen-bond donors (Lipinski definition) is 5. The first-order chi connectivity index (χ1) is 12.1. The summed E-state index contributed by atoms with van der Waals surface area (Å²) in [4.78, 5) is 12.4. The average molecular weight is 351 g/mol. The summed E-state index contributed by atoms with van der Waals surface area (Å²) in [6, 6.07) is 3.28. The molecule has 5 N–H and O–H groups in total. The zero-order chi connectivity index (χ0) is 17.8. The number of hydrogen-bond acceptors (Lipinski definition) is 5. The highest BCUT2D eigenvalue weighted by Crippen LogP contribution is 2.24. The number of aliphatic hydroxyl groups is 1. The number of halogens is 2. The number of H-pyrrole nitrogens is 1. The van der Waals surface area contributed by atoms with Crippen LogP contribution in [0.15, 0.2) is 24.4 Å². The van der Waals surface area contributed by atoms with Crippen molar-refractivity contribution in [3.8, 4) is 0 Å². The van der Waals surface area contributed by atoms with Gasteiger partial charge in [0, 0.05) is 12.6 Å². The van der Waals surface area contributed by atoms with Crippen LogP contribution in [0.5, 0.6) is 0 Å². The lowest BCUT2D eigenvalue weighted by Crippen LogP contribution is -2.45. The van der Waals surface area contributed by atoms with E-state index in [4.69, 9.17) is 0 Å². The molecular weight excluding hydrogens is 332 g/mol. The lowest BCUT2D eigenvalue weighted by atomic mass is 10.1. The van der Waals surface area contributed by atoms with E-state index in [1.54, 1.807) is 0 Å². The molecule has 2 aromatic rings. The standard InChI is InChI=1S/C16H19F2N5O2/c17-10-4-1-5-11(18)13(10)15(24)22-12-8-20-23-14(12)16(25)21-9-3-2-6-19-7-9/h1,4-5,8-9,15,19,22,24H,2-3,6-7H2,(H,20,23)(H,21,25). The molecule has 0 aliphatic carbocycles. The van der Waals surface area contributed by atoms with Crippen molar-refractivity contribution in [3.05, 3.63) is 47.3 Å². The Hall–Kier alpha value is -2.52. The fraction of sp³-hybridized carbons (Fsp3) is 0.375. The number of nitrogens with zero attached hydrogens (tertiary/aromatic N) is 1. The van der Waals surface area contributed by atoms with Crippen LogP contribution in [0, 0.1) is 11.6 Å². The molecule has 7 nitrogen and oxygen atoms in total. The van der Waals surface area contributed by atoms with Crippen molar-refractivity contribution in [3.63, 3.8) is 0 Å². The molecule has 0 radical (unpaired) electrons. The first-order valence-corrected chi connectivity index (χ1v) is 7.99. The number of aromatic nitrogens is 2. The van der Waals surface area contributed by atoms with E-state index in [0.717, 1.165) is 31.5 Å². The Balaban J connectivity index is 1.72. The summed E-state index contributed by atoms with van der Waals surface area (Å²) in [7, 11) is 0. The minimum Gasteiger partial charge on any atom is -0.369 e. The molecule has 0 saturated carbocycles. The lowest BCUT2D eigenvalue weighted by molar-refractivity contribution is 0.0926. The summed E-state index contributed by atoms with van der Waals surface area (Å²) >= 11 is 0. The highest BCUT2D eigenvalue weighted by atomic mass is 19.1. The summed E-state index contributed by atoms with van der Waals surface area (Å²) < 4.78 is 27.5. The van der Waals surface area contributed by atoms with Crippen molar-refractivity contribution in [2.24, 2.45) is 0 Å². The van der Waals surface area contributed by atoms with Crippen LogP contribution in [-0.2, 0) is 0 Å². The summed E-state index contributed by atoms with van der Waals surface area (Å²) in [6.45, 7) is 1.59. The molecule has 0 bridgehead atoms. The van der Waals surface area contributed by atoms with Crippen molar-refractivity contribution in [2.75, 3.05) is 18.4 Å². The van der Waals surface area contributed by atoms with Gasteiger partial charge in [0.2, 0.25) is 0 Å². The quantitative estimate of drug-likeness (QED) is 0.522. The van der Waals surface area contributed by atoms with E-state index in [-0.39, 0.29) is 17.4 Å². The minimum atomic E-state index is -1.67. The number of nitrogens with one attached hydrogen (secondary N) is 4. The number of rotatable bonds is 5. The van der Waals surface area contributed by atoms with Gasteiger partial charge < -0.3 is 21.1 Å². The number of carbonyl (C=O) groups excluding carboxylic acids is 1. The van der Waals surface area contributed by atoms with Gasteiger partial charge in [-0.05, 0) is 31.5 Å². The predicted octanol–water partition coefficient (Wildman–Crippen LogP) is 1.27. The average Bonchev–Trinajstić information content (AvgIpc) is 3.04. The summed E-state index contributed by atoms with van der Waals surface area (Å²) in [6.07, 6.45) is 1.43. The molecule has 1 aromatic carbocycles. The van der Waals surface area contributed by atoms with Crippen molar-refractivity contribution >= 4 is 11.6 Å². The number of carbonyl (C=O) groups is 1. The molecule has 0 spiro atoms. The van der Waals surface area contributed by atoms with E-state index in [1.165, 1.54) is 12.3 Å². The van der Waals surface area contributed by atoms with Gasteiger partial charge in [-0.3, -0.25) is 9.89 Å². The molecule has 9 heteroatoms. The maximum absolute atomic E-state index is 13.7. The number of aromatic amines is 1. The third kappa shape index (κ3) is 3.94. The molecule has 1 aromatic heterocycles. The molecule has 3 rings (SSSR count). The van der Waals surface area contributed by atoms with E-state index in [2.05, 4.69) is 26.1 Å². The van der Waals surface area contributed by atoms with Crippen LogP contribution in [0.25, 0.3) is 0 Å². The van der Waals surface area contributed by atoms with E-state index in [9.17, 15) is 18.7 Å². The lowest BCUT2D eigenvalue weighted by Gasteiger charge is -2.23. The van der Waals surface area contributed by atoms with Gasteiger partial charge in [-0.1, -0.05) is 6.07 Å². The first kappa shape index (κ1) is 17.3. The van der Waals surface area contributed by atoms with Crippen molar-refractivity contribution in [1.82, 2.24) is 20.8 Å². The molecule has 1 saturated heterocycles. The molecule has 25 heavy (non-hydrogen) atoms.